The average Bonchev–Trinajstić information content (AvgIpc) is 2.86. The Labute approximate surface area is 122 Å². The molecule has 0 saturated heterocycles. The molecule has 3 aromatic rings. The Balaban J connectivity index is 2.15. The smallest absolute Gasteiger partial charge is 0.151 e. The molecule has 0 fully saturated rings. The molecule has 0 radical (unpaired) electrons. The van der Waals surface area contributed by atoms with Gasteiger partial charge in [-0.3, -0.25) is 0 Å². The highest BCUT2D eigenvalue weighted by Gasteiger charge is 2.13. The number of hydrogen-bond donors (Lipinski definition) is 3. The van der Waals surface area contributed by atoms with Crippen molar-refractivity contribution < 1.29 is 14.6 Å². The van der Waals surface area contributed by atoms with Gasteiger partial charge in [-0.25, -0.2) is 0 Å². The van der Waals surface area contributed by atoms with Gasteiger partial charge in [-0.1, -0.05) is 36.4 Å². The van der Waals surface area contributed by atoms with E-state index in [-0.39, 0.29) is 0 Å². The van der Waals surface area contributed by atoms with E-state index >= 15 is 0 Å². The maximum absolute atomic E-state index is 9.05. The molecule has 0 saturated carbocycles. The Bertz CT molecular complexity index is 761. The maximum Gasteiger partial charge on any atom is 0.151 e. The third-order valence-corrected chi connectivity index (χ3v) is 3.77. The van der Waals surface area contributed by atoms with E-state index in [1.807, 2.05) is 36.4 Å². The molecule has 0 unspecified atom stereocenters. The lowest BCUT2D eigenvalue weighted by Gasteiger charge is -2.03. The van der Waals surface area contributed by atoms with Gasteiger partial charge in [0.1, 0.15) is 11.2 Å². The Morgan fingerprint density at radius 3 is 2.00 bits per heavy atom. The predicted octanol–water partition coefficient (Wildman–Crippen LogP) is 2.33. The molecule has 0 aliphatic rings. The summed E-state index contributed by atoms with van der Waals surface area (Å²) in [5.74, 6) is 0. The number of hydrogen-bond acceptors (Lipinski definition) is 4. The number of nitrogens with two attached hydrogens (primary N) is 1. The number of furan rings is 1. The molecule has 21 heavy (non-hydrogen) atoms. The van der Waals surface area contributed by atoms with Gasteiger partial charge in [0.25, 0.3) is 0 Å². The van der Waals surface area contributed by atoms with E-state index in [2.05, 4.69) is 0 Å². The summed E-state index contributed by atoms with van der Waals surface area (Å²) in [6.45, 7) is 0.583. The highest BCUT2D eigenvalue weighted by Crippen LogP contribution is 2.33. The molecule has 0 amide bonds. The van der Waals surface area contributed by atoms with Crippen molar-refractivity contribution in [2.45, 2.75) is 25.6 Å². The van der Waals surface area contributed by atoms with Crippen LogP contribution in [0, 0.1) is 0 Å². The number of benzene rings is 2. The minimum absolute atomic E-state index is 0.297. The standard InChI is InChI=1S/C17H19NO3/c18-10-9-12-4-2-6-14-13-5-1-3-11(7-8-15(19)20)16(13)21-17(12)14/h1-6,15,19-20H,7-10,18H2. The van der Waals surface area contributed by atoms with Crippen molar-refractivity contribution in [3.8, 4) is 0 Å². The van der Waals surface area contributed by atoms with Crippen molar-refractivity contribution in [2.24, 2.45) is 5.73 Å². The zero-order chi connectivity index (χ0) is 14.8. The molecular weight excluding hydrogens is 266 g/mol. The fraction of sp³-hybridized carbons (Fsp3) is 0.294. The van der Waals surface area contributed by atoms with Crippen LogP contribution in [0.1, 0.15) is 17.5 Å². The molecule has 0 bridgehead atoms. The van der Waals surface area contributed by atoms with Crippen molar-refractivity contribution >= 4 is 21.9 Å². The molecule has 4 heteroatoms. The lowest BCUT2D eigenvalue weighted by atomic mass is 10.0. The fourth-order valence-electron chi connectivity index (χ4n) is 2.77. The second kappa shape index (κ2) is 5.85. The summed E-state index contributed by atoms with van der Waals surface area (Å²) in [4.78, 5) is 0. The molecule has 0 spiro atoms. The van der Waals surface area contributed by atoms with Crippen LogP contribution in [0.25, 0.3) is 21.9 Å². The van der Waals surface area contributed by atoms with E-state index in [1.54, 1.807) is 0 Å². The number of aliphatic hydroxyl groups excluding tert-OH is 1. The lowest BCUT2D eigenvalue weighted by molar-refractivity contribution is -0.0446. The molecule has 1 aromatic heterocycles. The molecule has 0 aliphatic carbocycles. The van der Waals surface area contributed by atoms with Gasteiger partial charge in [0, 0.05) is 17.2 Å². The van der Waals surface area contributed by atoms with Crippen molar-refractivity contribution in [2.75, 3.05) is 6.54 Å². The van der Waals surface area contributed by atoms with Crippen LogP contribution in [-0.2, 0) is 12.8 Å². The maximum atomic E-state index is 9.05. The molecular formula is C17H19NO3. The van der Waals surface area contributed by atoms with Gasteiger partial charge in [-0.05, 0) is 30.5 Å². The van der Waals surface area contributed by atoms with Crippen molar-refractivity contribution in [3.63, 3.8) is 0 Å². The summed E-state index contributed by atoms with van der Waals surface area (Å²) in [6, 6.07) is 12.1. The first-order valence-electron chi connectivity index (χ1n) is 7.19. The van der Waals surface area contributed by atoms with Gasteiger partial charge >= 0.3 is 0 Å². The van der Waals surface area contributed by atoms with Crippen molar-refractivity contribution in [1.29, 1.82) is 0 Å². The molecule has 110 valence electrons. The van der Waals surface area contributed by atoms with Gasteiger partial charge in [-0.15, -0.1) is 0 Å². The second-order valence-electron chi connectivity index (χ2n) is 5.25. The molecule has 1 heterocycles. The van der Waals surface area contributed by atoms with Gasteiger partial charge < -0.3 is 20.4 Å². The van der Waals surface area contributed by atoms with Crippen LogP contribution in [0.3, 0.4) is 0 Å². The lowest BCUT2D eigenvalue weighted by Crippen LogP contribution is -2.05. The van der Waals surface area contributed by atoms with E-state index in [4.69, 9.17) is 20.4 Å². The van der Waals surface area contributed by atoms with E-state index in [1.165, 1.54) is 0 Å². The highest BCUT2D eigenvalue weighted by atomic mass is 16.5. The molecule has 4 N–H and O–H groups in total. The third-order valence-electron chi connectivity index (χ3n) is 3.77. The summed E-state index contributed by atoms with van der Waals surface area (Å²) in [7, 11) is 0. The van der Waals surface area contributed by atoms with Gasteiger partial charge in [-0.2, -0.15) is 0 Å². The first kappa shape index (κ1) is 14.1. The van der Waals surface area contributed by atoms with Crippen molar-refractivity contribution in [1.82, 2.24) is 0 Å². The number of fused-ring (bicyclic) bond motifs is 3. The van der Waals surface area contributed by atoms with Gasteiger partial charge in [0.05, 0.1) is 0 Å². The number of rotatable bonds is 5. The van der Waals surface area contributed by atoms with Crippen molar-refractivity contribution in [3.05, 3.63) is 47.5 Å². The topological polar surface area (TPSA) is 79.6 Å². The fourth-order valence-corrected chi connectivity index (χ4v) is 2.77. The number of aryl methyl sites for hydroxylation is 1. The van der Waals surface area contributed by atoms with Crippen LogP contribution in [0.5, 0.6) is 0 Å². The summed E-state index contributed by atoms with van der Waals surface area (Å²) in [5, 5.41) is 20.3. The Morgan fingerprint density at radius 1 is 0.905 bits per heavy atom. The quantitative estimate of drug-likeness (QED) is 0.629. The van der Waals surface area contributed by atoms with E-state index < -0.39 is 6.29 Å². The Kier molecular flexibility index (Phi) is 3.92. The van der Waals surface area contributed by atoms with Gasteiger partial charge in [0.15, 0.2) is 6.29 Å². The summed E-state index contributed by atoms with van der Waals surface area (Å²) in [5.41, 5.74) is 9.48. The second-order valence-corrected chi connectivity index (χ2v) is 5.25. The monoisotopic (exact) mass is 285 g/mol. The highest BCUT2D eigenvalue weighted by molar-refractivity contribution is 6.06. The SMILES string of the molecule is NCCc1cccc2c1oc1c(CCC(O)O)cccc12. The largest absolute Gasteiger partial charge is 0.455 e. The number of aliphatic hydroxyl groups is 2. The van der Waals surface area contributed by atoms with Crippen LogP contribution in [-0.4, -0.2) is 23.0 Å². The normalized spacial score (nSPS) is 11.8. The molecule has 2 aromatic carbocycles. The van der Waals surface area contributed by atoms with E-state index in [0.717, 1.165) is 39.5 Å². The molecule has 4 nitrogen and oxygen atoms in total. The number of para-hydroxylation sites is 2. The summed E-state index contributed by atoms with van der Waals surface area (Å²) in [6.07, 6.45) is 0.353. The van der Waals surface area contributed by atoms with E-state index in [0.29, 0.717) is 19.4 Å². The summed E-state index contributed by atoms with van der Waals surface area (Å²) >= 11 is 0. The molecule has 3 rings (SSSR count). The van der Waals surface area contributed by atoms with Crippen LogP contribution >= 0.6 is 0 Å². The zero-order valence-electron chi connectivity index (χ0n) is 11.7. The first-order valence-corrected chi connectivity index (χ1v) is 7.19. The molecule has 0 atom stereocenters. The van der Waals surface area contributed by atoms with E-state index in [9.17, 15) is 0 Å². The minimum Gasteiger partial charge on any atom is -0.455 e. The minimum atomic E-state index is -1.29. The zero-order valence-corrected chi connectivity index (χ0v) is 11.7. The summed E-state index contributed by atoms with van der Waals surface area (Å²) < 4.78 is 6.08. The van der Waals surface area contributed by atoms with Crippen LogP contribution in [0.2, 0.25) is 0 Å². The Morgan fingerprint density at radius 2 is 1.48 bits per heavy atom. The Hall–Kier alpha value is -1.88. The van der Waals surface area contributed by atoms with Crippen LogP contribution in [0.15, 0.2) is 40.8 Å². The average molecular weight is 285 g/mol. The first-order chi connectivity index (χ1) is 10.2. The van der Waals surface area contributed by atoms with Crippen LogP contribution in [0.4, 0.5) is 0 Å². The predicted molar refractivity (Wildman–Crippen MR) is 83.0 cm³/mol. The molecule has 0 aliphatic heterocycles. The van der Waals surface area contributed by atoms with Gasteiger partial charge in [0.2, 0.25) is 0 Å². The van der Waals surface area contributed by atoms with Crippen LogP contribution < -0.4 is 5.73 Å². The third kappa shape index (κ3) is 2.65.